The van der Waals surface area contributed by atoms with E-state index in [1.807, 2.05) is 54.6 Å². The molecule has 0 aliphatic rings. The third-order valence-corrected chi connectivity index (χ3v) is 3.71. The summed E-state index contributed by atoms with van der Waals surface area (Å²) in [5.74, 6) is -0.212. The van der Waals surface area contributed by atoms with Crippen LogP contribution >= 0.6 is 0 Å². The Bertz CT molecular complexity index is 786. The molecule has 1 N–H and O–H groups in total. The molecule has 0 radical (unpaired) electrons. The molecule has 4 heteroatoms. The fourth-order valence-corrected chi connectivity index (χ4v) is 2.52. The maximum atomic E-state index is 12.2. The molecule has 3 rings (SSSR count). The Kier molecular flexibility index (Phi) is 4.87. The van der Waals surface area contributed by atoms with Crippen LogP contribution in [0, 0.1) is 0 Å². The predicted molar refractivity (Wildman–Crippen MR) is 97.8 cm³/mol. The molecule has 3 aromatic rings. The number of para-hydroxylation sites is 2. The highest BCUT2D eigenvalue weighted by Crippen LogP contribution is 2.24. The van der Waals surface area contributed by atoms with E-state index in [-0.39, 0.29) is 5.91 Å². The lowest BCUT2D eigenvalue weighted by molar-refractivity contribution is 0.102. The van der Waals surface area contributed by atoms with E-state index in [0.717, 1.165) is 23.6 Å². The van der Waals surface area contributed by atoms with Gasteiger partial charge in [-0.1, -0.05) is 36.4 Å². The zero-order valence-corrected chi connectivity index (χ0v) is 13.5. The van der Waals surface area contributed by atoms with Crippen molar-refractivity contribution in [1.82, 2.24) is 4.98 Å². The number of anilines is 3. The van der Waals surface area contributed by atoms with Gasteiger partial charge in [-0.2, -0.15) is 0 Å². The average Bonchev–Trinajstić information content (AvgIpc) is 2.65. The molecule has 1 amide bonds. The van der Waals surface area contributed by atoms with Gasteiger partial charge in [-0.15, -0.1) is 0 Å². The maximum absolute atomic E-state index is 12.2. The highest BCUT2D eigenvalue weighted by molar-refractivity contribution is 6.02. The number of rotatable bonds is 5. The summed E-state index contributed by atoms with van der Waals surface area (Å²) in [7, 11) is 0. The highest BCUT2D eigenvalue weighted by atomic mass is 16.1. The van der Waals surface area contributed by atoms with Crippen LogP contribution in [0.3, 0.4) is 0 Å². The van der Waals surface area contributed by atoms with Crippen molar-refractivity contribution in [3.8, 4) is 0 Å². The summed E-state index contributed by atoms with van der Waals surface area (Å²) in [4.78, 5) is 18.7. The molecule has 1 heterocycles. The normalized spacial score (nSPS) is 10.2. The van der Waals surface area contributed by atoms with E-state index in [0.29, 0.717) is 5.69 Å². The van der Waals surface area contributed by atoms with Crippen LogP contribution in [0.25, 0.3) is 0 Å². The summed E-state index contributed by atoms with van der Waals surface area (Å²) in [6, 6.07) is 23.2. The molecule has 0 unspecified atom stereocenters. The number of hydrogen-bond acceptors (Lipinski definition) is 3. The second kappa shape index (κ2) is 7.42. The summed E-state index contributed by atoms with van der Waals surface area (Å²) >= 11 is 0. The molecule has 0 saturated heterocycles. The SMILES string of the molecule is CCN(c1ccccc1)c1ccc(C(=O)Nc2ccccc2)nc1. The van der Waals surface area contributed by atoms with Gasteiger partial charge in [0.05, 0.1) is 11.9 Å². The second-order valence-corrected chi connectivity index (χ2v) is 5.30. The van der Waals surface area contributed by atoms with Crippen molar-refractivity contribution in [2.24, 2.45) is 0 Å². The van der Waals surface area contributed by atoms with Gasteiger partial charge in [0.1, 0.15) is 5.69 Å². The number of nitrogens with zero attached hydrogens (tertiary/aromatic N) is 2. The molecule has 0 atom stereocenters. The van der Waals surface area contributed by atoms with Crippen molar-refractivity contribution in [3.63, 3.8) is 0 Å². The number of pyridine rings is 1. The van der Waals surface area contributed by atoms with Gasteiger partial charge in [0.15, 0.2) is 0 Å². The number of hydrogen-bond donors (Lipinski definition) is 1. The quantitative estimate of drug-likeness (QED) is 0.754. The van der Waals surface area contributed by atoms with E-state index in [9.17, 15) is 4.79 Å². The van der Waals surface area contributed by atoms with Crippen LogP contribution in [0.15, 0.2) is 79.0 Å². The fraction of sp³-hybridized carbons (Fsp3) is 0.100. The molecule has 120 valence electrons. The number of benzene rings is 2. The van der Waals surface area contributed by atoms with Gasteiger partial charge in [-0.05, 0) is 43.3 Å². The van der Waals surface area contributed by atoms with Crippen molar-refractivity contribution in [3.05, 3.63) is 84.7 Å². The van der Waals surface area contributed by atoms with E-state index in [1.165, 1.54) is 0 Å². The Balaban J connectivity index is 1.76. The summed E-state index contributed by atoms with van der Waals surface area (Å²) in [5, 5.41) is 2.84. The number of carbonyl (C=O) groups excluding carboxylic acids is 1. The van der Waals surface area contributed by atoms with Gasteiger partial charge in [0.25, 0.3) is 5.91 Å². The van der Waals surface area contributed by atoms with Crippen LogP contribution in [-0.2, 0) is 0 Å². The predicted octanol–water partition coefficient (Wildman–Crippen LogP) is 4.49. The first-order valence-corrected chi connectivity index (χ1v) is 7.93. The molecule has 0 aliphatic carbocycles. The van der Waals surface area contributed by atoms with Gasteiger partial charge in [0.2, 0.25) is 0 Å². The van der Waals surface area contributed by atoms with Crippen LogP contribution < -0.4 is 10.2 Å². The molecule has 0 fully saturated rings. The van der Waals surface area contributed by atoms with E-state index in [1.54, 1.807) is 12.3 Å². The summed E-state index contributed by atoms with van der Waals surface area (Å²) in [6.07, 6.45) is 1.73. The zero-order chi connectivity index (χ0) is 16.8. The monoisotopic (exact) mass is 317 g/mol. The van der Waals surface area contributed by atoms with Crippen molar-refractivity contribution in [2.45, 2.75) is 6.92 Å². The van der Waals surface area contributed by atoms with Gasteiger partial charge < -0.3 is 10.2 Å². The lowest BCUT2D eigenvalue weighted by Crippen LogP contribution is -2.17. The van der Waals surface area contributed by atoms with Crippen LogP contribution in [0.5, 0.6) is 0 Å². The number of amides is 1. The van der Waals surface area contributed by atoms with E-state index >= 15 is 0 Å². The van der Waals surface area contributed by atoms with Crippen LogP contribution in [0.2, 0.25) is 0 Å². The molecule has 2 aromatic carbocycles. The van der Waals surface area contributed by atoms with Crippen molar-refractivity contribution >= 4 is 23.0 Å². The largest absolute Gasteiger partial charge is 0.341 e. The second-order valence-electron chi connectivity index (χ2n) is 5.30. The van der Waals surface area contributed by atoms with E-state index in [2.05, 4.69) is 34.3 Å². The maximum Gasteiger partial charge on any atom is 0.274 e. The number of nitrogens with one attached hydrogen (secondary N) is 1. The minimum Gasteiger partial charge on any atom is -0.341 e. The van der Waals surface area contributed by atoms with Gasteiger partial charge in [-0.25, -0.2) is 4.98 Å². The minimum atomic E-state index is -0.212. The lowest BCUT2D eigenvalue weighted by atomic mass is 10.2. The molecular formula is C20H19N3O. The average molecular weight is 317 g/mol. The number of aromatic nitrogens is 1. The van der Waals surface area contributed by atoms with E-state index in [4.69, 9.17) is 0 Å². The first kappa shape index (κ1) is 15.7. The topological polar surface area (TPSA) is 45.2 Å². The third kappa shape index (κ3) is 3.60. The molecule has 1 aromatic heterocycles. The van der Waals surface area contributed by atoms with E-state index < -0.39 is 0 Å². The van der Waals surface area contributed by atoms with Gasteiger partial charge in [0, 0.05) is 17.9 Å². The Morgan fingerprint density at radius 1 is 0.917 bits per heavy atom. The van der Waals surface area contributed by atoms with Gasteiger partial charge in [-0.3, -0.25) is 4.79 Å². The molecule has 0 spiro atoms. The Hall–Kier alpha value is -3.14. The van der Waals surface area contributed by atoms with Crippen LogP contribution in [0.4, 0.5) is 17.1 Å². The molecule has 4 nitrogen and oxygen atoms in total. The molecule has 0 aliphatic heterocycles. The zero-order valence-electron chi connectivity index (χ0n) is 13.5. The summed E-state index contributed by atoms with van der Waals surface area (Å²) in [6.45, 7) is 2.91. The van der Waals surface area contributed by atoms with Gasteiger partial charge >= 0.3 is 0 Å². The van der Waals surface area contributed by atoms with Crippen molar-refractivity contribution < 1.29 is 4.79 Å². The Morgan fingerprint density at radius 2 is 1.58 bits per heavy atom. The lowest BCUT2D eigenvalue weighted by Gasteiger charge is -2.22. The molecule has 0 saturated carbocycles. The van der Waals surface area contributed by atoms with Crippen molar-refractivity contribution in [1.29, 1.82) is 0 Å². The molecule has 24 heavy (non-hydrogen) atoms. The minimum absolute atomic E-state index is 0.212. The number of carbonyl (C=O) groups is 1. The summed E-state index contributed by atoms with van der Waals surface area (Å²) < 4.78 is 0. The third-order valence-electron chi connectivity index (χ3n) is 3.71. The Labute approximate surface area is 141 Å². The molecule has 0 bridgehead atoms. The standard InChI is InChI=1S/C20H19N3O/c1-2-23(17-11-7-4-8-12-17)18-13-14-19(21-15-18)20(24)22-16-9-5-3-6-10-16/h3-15H,2H2,1H3,(H,22,24). The van der Waals surface area contributed by atoms with Crippen LogP contribution in [-0.4, -0.2) is 17.4 Å². The smallest absolute Gasteiger partial charge is 0.274 e. The first-order chi connectivity index (χ1) is 11.8. The summed E-state index contributed by atoms with van der Waals surface area (Å²) in [5.41, 5.74) is 3.21. The fourth-order valence-electron chi connectivity index (χ4n) is 2.52. The Morgan fingerprint density at radius 3 is 2.17 bits per heavy atom. The molecular weight excluding hydrogens is 298 g/mol. The highest BCUT2D eigenvalue weighted by Gasteiger charge is 2.11. The van der Waals surface area contributed by atoms with Crippen LogP contribution in [0.1, 0.15) is 17.4 Å². The van der Waals surface area contributed by atoms with Crippen molar-refractivity contribution in [2.75, 3.05) is 16.8 Å². The first-order valence-electron chi connectivity index (χ1n) is 7.93.